The fourth-order valence-electron chi connectivity index (χ4n) is 3.50. The Labute approximate surface area is 185 Å². The summed E-state index contributed by atoms with van der Waals surface area (Å²) in [4.78, 5) is 12.8. The fraction of sp³-hybridized carbons (Fsp3) is 0.423. The summed E-state index contributed by atoms with van der Waals surface area (Å²) in [5.74, 6) is -1.10. The van der Waals surface area contributed by atoms with E-state index in [-0.39, 0.29) is 18.2 Å². The Balaban J connectivity index is 1.74. The molecule has 1 aliphatic heterocycles. The zero-order valence-electron chi connectivity index (χ0n) is 18.7. The van der Waals surface area contributed by atoms with Crippen molar-refractivity contribution in [1.82, 2.24) is 0 Å². The third-order valence-electron chi connectivity index (χ3n) is 4.82. The van der Waals surface area contributed by atoms with Crippen molar-refractivity contribution >= 4 is 5.97 Å². The maximum atomic E-state index is 12.8. The first-order valence-corrected chi connectivity index (χ1v) is 10.8. The van der Waals surface area contributed by atoms with E-state index in [1.54, 1.807) is 0 Å². The van der Waals surface area contributed by atoms with Gasteiger partial charge in [0.15, 0.2) is 5.79 Å². The molecule has 0 unspecified atom stereocenters. The normalized spacial score (nSPS) is 20.7. The number of ether oxygens (including phenoxy) is 4. The van der Waals surface area contributed by atoms with E-state index in [1.165, 1.54) is 0 Å². The van der Waals surface area contributed by atoms with Crippen molar-refractivity contribution in [3.63, 3.8) is 0 Å². The molecular weight excluding hydrogens is 392 g/mol. The molecule has 31 heavy (non-hydrogen) atoms. The lowest BCUT2D eigenvalue weighted by molar-refractivity contribution is -0.149. The summed E-state index contributed by atoms with van der Waals surface area (Å²) >= 11 is 0. The van der Waals surface area contributed by atoms with Crippen LogP contribution in [0.5, 0.6) is 0 Å². The molecule has 1 saturated heterocycles. The van der Waals surface area contributed by atoms with E-state index in [9.17, 15) is 4.79 Å². The van der Waals surface area contributed by atoms with Gasteiger partial charge in [0.2, 0.25) is 0 Å². The van der Waals surface area contributed by atoms with E-state index in [0.717, 1.165) is 11.1 Å². The van der Waals surface area contributed by atoms with E-state index in [4.69, 9.17) is 18.9 Å². The molecule has 0 radical (unpaired) electrons. The molecule has 0 N–H and O–H groups in total. The summed E-state index contributed by atoms with van der Waals surface area (Å²) in [6.45, 7) is 8.27. The highest BCUT2D eigenvalue weighted by Gasteiger charge is 2.41. The smallest absolute Gasteiger partial charge is 0.334 e. The molecule has 1 heterocycles. The summed E-state index contributed by atoms with van der Waals surface area (Å²) < 4.78 is 23.6. The number of hydrogen-bond acceptors (Lipinski definition) is 5. The number of rotatable bonds is 9. The van der Waals surface area contributed by atoms with Crippen LogP contribution in [0.3, 0.4) is 0 Å². The predicted octanol–water partition coefficient (Wildman–Crippen LogP) is 4.84. The maximum absolute atomic E-state index is 12.8. The molecule has 166 valence electrons. The van der Waals surface area contributed by atoms with Crippen molar-refractivity contribution in [3.05, 3.63) is 83.4 Å². The number of hydrogen-bond donors (Lipinski definition) is 0. The molecule has 0 bridgehead atoms. The molecule has 5 nitrogen and oxygen atoms in total. The molecule has 5 heteroatoms. The van der Waals surface area contributed by atoms with Gasteiger partial charge in [-0.2, -0.15) is 0 Å². The molecule has 0 aromatic heterocycles. The van der Waals surface area contributed by atoms with Crippen molar-refractivity contribution in [3.8, 4) is 0 Å². The summed E-state index contributed by atoms with van der Waals surface area (Å²) in [5.41, 5.74) is 2.68. The third kappa shape index (κ3) is 7.31. The Bertz CT molecular complexity index is 858. The first-order valence-electron chi connectivity index (χ1n) is 10.8. The molecule has 1 aliphatic rings. The van der Waals surface area contributed by atoms with Crippen LogP contribution in [0.15, 0.2) is 72.3 Å². The lowest BCUT2D eigenvalue weighted by Gasteiger charge is -2.17. The monoisotopic (exact) mass is 424 g/mol. The van der Waals surface area contributed by atoms with Gasteiger partial charge in [-0.25, -0.2) is 4.79 Å². The molecule has 2 atom stereocenters. The zero-order chi connectivity index (χ0) is 22.3. The Morgan fingerprint density at radius 1 is 1.00 bits per heavy atom. The van der Waals surface area contributed by atoms with Gasteiger partial charge in [-0.1, -0.05) is 60.7 Å². The lowest BCUT2D eigenvalue weighted by Crippen LogP contribution is -2.28. The van der Waals surface area contributed by atoms with E-state index >= 15 is 0 Å². The van der Waals surface area contributed by atoms with Gasteiger partial charge in [0.1, 0.15) is 12.2 Å². The Morgan fingerprint density at radius 3 is 2.23 bits per heavy atom. The molecule has 0 aliphatic carbocycles. The van der Waals surface area contributed by atoms with Gasteiger partial charge in [-0.05, 0) is 44.9 Å². The minimum atomic E-state index is -0.762. The standard InChI is InChI=1S/C26H32O5/c1-19(2)29-25(27)22(15-20-11-7-5-8-12-20)16-23-24(31-26(3,4)30-23)18-28-17-21-13-9-6-10-14-21/h5-14,16,19,23-24H,15,17-18H2,1-4H3/b22-16+/t23-,24+/m0/s1. The van der Waals surface area contributed by atoms with E-state index in [0.29, 0.717) is 25.2 Å². The van der Waals surface area contributed by atoms with Crippen molar-refractivity contribution in [2.45, 2.75) is 64.8 Å². The Morgan fingerprint density at radius 2 is 1.61 bits per heavy atom. The van der Waals surface area contributed by atoms with Gasteiger partial charge >= 0.3 is 5.97 Å². The second-order valence-corrected chi connectivity index (χ2v) is 8.45. The molecule has 3 rings (SSSR count). The predicted molar refractivity (Wildman–Crippen MR) is 119 cm³/mol. The van der Waals surface area contributed by atoms with Gasteiger partial charge < -0.3 is 18.9 Å². The van der Waals surface area contributed by atoms with Crippen LogP contribution >= 0.6 is 0 Å². The number of benzene rings is 2. The molecule has 1 fully saturated rings. The molecule has 2 aromatic carbocycles. The summed E-state index contributed by atoms with van der Waals surface area (Å²) in [6, 6.07) is 19.8. The van der Waals surface area contributed by atoms with Crippen LogP contribution in [-0.2, 0) is 36.8 Å². The molecule has 2 aromatic rings. The largest absolute Gasteiger partial charge is 0.460 e. The Hall–Kier alpha value is -2.47. The van der Waals surface area contributed by atoms with Gasteiger partial charge in [0, 0.05) is 12.0 Å². The number of carbonyl (C=O) groups excluding carboxylic acids is 1. The van der Waals surface area contributed by atoms with Crippen molar-refractivity contribution < 1.29 is 23.7 Å². The topological polar surface area (TPSA) is 54.0 Å². The first kappa shape index (κ1) is 23.2. The Kier molecular flexibility index (Phi) is 8.02. The van der Waals surface area contributed by atoms with Crippen molar-refractivity contribution in [2.24, 2.45) is 0 Å². The van der Waals surface area contributed by atoms with Crippen molar-refractivity contribution in [1.29, 1.82) is 0 Å². The van der Waals surface area contributed by atoms with Crippen LogP contribution in [0.4, 0.5) is 0 Å². The fourth-order valence-corrected chi connectivity index (χ4v) is 3.50. The highest BCUT2D eigenvalue weighted by molar-refractivity contribution is 5.89. The van der Waals surface area contributed by atoms with Crippen LogP contribution in [-0.4, -0.2) is 36.7 Å². The highest BCUT2D eigenvalue weighted by atomic mass is 16.8. The first-order chi connectivity index (χ1) is 14.8. The summed E-state index contributed by atoms with van der Waals surface area (Å²) in [6.07, 6.45) is 1.36. The minimum absolute atomic E-state index is 0.200. The van der Waals surface area contributed by atoms with Gasteiger partial charge in [0.05, 0.1) is 19.3 Å². The maximum Gasteiger partial charge on any atom is 0.334 e. The van der Waals surface area contributed by atoms with Crippen LogP contribution in [0.25, 0.3) is 0 Å². The lowest BCUT2D eigenvalue weighted by atomic mass is 10.0. The highest BCUT2D eigenvalue weighted by Crippen LogP contribution is 2.30. The number of carbonyl (C=O) groups is 1. The van der Waals surface area contributed by atoms with E-state index in [1.807, 2.05) is 94.4 Å². The summed E-state index contributed by atoms with van der Waals surface area (Å²) in [5, 5.41) is 0. The average molecular weight is 425 g/mol. The van der Waals surface area contributed by atoms with Gasteiger partial charge in [0.25, 0.3) is 0 Å². The quantitative estimate of drug-likeness (QED) is 0.426. The average Bonchev–Trinajstić information content (AvgIpc) is 3.02. The number of esters is 1. The molecule has 0 spiro atoms. The van der Waals surface area contributed by atoms with Gasteiger partial charge in [-0.15, -0.1) is 0 Å². The van der Waals surface area contributed by atoms with Crippen LogP contribution in [0, 0.1) is 0 Å². The second-order valence-electron chi connectivity index (χ2n) is 8.45. The second kappa shape index (κ2) is 10.7. The van der Waals surface area contributed by atoms with E-state index < -0.39 is 11.9 Å². The minimum Gasteiger partial charge on any atom is -0.460 e. The third-order valence-corrected chi connectivity index (χ3v) is 4.82. The van der Waals surface area contributed by atoms with Crippen LogP contribution in [0.1, 0.15) is 38.8 Å². The molecular formula is C26H32O5. The van der Waals surface area contributed by atoms with E-state index in [2.05, 4.69) is 0 Å². The molecule has 0 amide bonds. The van der Waals surface area contributed by atoms with Gasteiger partial charge in [-0.3, -0.25) is 0 Å². The molecule has 0 saturated carbocycles. The summed E-state index contributed by atoms with van der Waals surface area (Å²) in [7, 11) is 0. The van der Waals surface area contributed by atoms with Crippen molar-refractivity contribution in [2.75, 3.05) is 6.61 Å². The van der Waals surface area contributed by atoms with Crippen LogP contribution in [0.2, 0.25) is 0 Å². The zero-order valence-corrected chi connectivity index (χ0v) is 18.7. The SMILES string of the molecule is CC(C)OC(=O)/C(=C/[C@@H]1OC(C)(C)O[C@@H]1COCc1ccccc1)Cc1ccccc1. The van der Waals surface area contributed by atoms with Crippen LogP contribution < -0.4 is 0 Å².